The fraction of sp³-hybridized carbons (Fsp3) is 0.706. The van der Waals surface area contributed by atoms with Crippen molar-refractivity contribution in [1.29, 1.82) is 0 Å². The number of piperidine rings is 1. The number of urea groups is 1. The van der Waals surface area contributed by atoms with Crippen molar-refractivity contribution < 1.29 is 9.53 Å². The molecule has 2 aliphatic rings. The third-order valence-corrected chi connectivity index (χ3v) is 5.85. The Hall–Kier alpha value is -1.11. The number of amides is 2. The fourth-order valence-electron chi connectivity index (χ4n) is 3.29. The van der Waals surface area contributed by atoms with E-state index in [0.717, 1.165) is 19.0 Å². The van der Waals surface area contributed by atoms with Gasteiger partial charge in [-0.2, -0.15) is 0 Å². The number of rotatable bonds is 4. The number of ether oxygens (including phenoxy) is 1. The first-order valence-electron chi connectivity index (χ1n) is 8.62. The smallest absolute Gasteiger partial charge is 0.317 e. The minimum absolute atomic E-state index is 0.0419. The van der Waals surface area contributed by atoms with E-state index < -0.39 is 0 Å². The molecule has 1 N–H and O–H groups in total. The van der Waals surface area contributed by atoms with Crippen LogP contribution in [0, 0.1) is 5.92 Å². The third-order valence-electron chi connectivity index (χ3n) is 4.88. The van der Waals surface area contributed by atoms with Crippen molar-refractivity contribution in [3.8, 4) is 0 Å². The van der Waals surface area contributed by atoms with Gasteiger partial charge in [-0.25, -0.2) is 4.79 Å². The summed E-state index contributed by atoms with van der Waals surface area (Å²) in [5, 5.41) is 5.27. The first kappa shape index (κ1) is 16.7. The molecule has 5 nitrogen and oxygen atoms in total. The van der Waals surface area contributed by atoms with Crippen LogP contribution in [-0.4, -0.2) is 61.8 Å². The van der Waals surface area contributed by atoms with Crippen molar-refractivity contribution in [1.82, 2.24) is 15.1 Å². The molecule has 2 amide bonds. The summed E-state index contributed by atoms with van der Waals surface area (Å²) in [5.74, 6) is 0.818. The maximum absolute atomic E-state index is 12.4. The molecule has 6 heteroatoms. The molecule has 2 fully saturated rings. The lowest BCUT2D eigenvalue weighted by Gasteiger charge is -2.37. The predicted octanol–water partition coefficient (Wildman–Crippen LogP) is 2.56. The zero-order valence-electron chi connectivity index (χ0n) is 13.9. The van der Waals surface area contributed by atoms with Crippen molar-refractivity contribution in [3.63, 3.8) is 0 Å². The lowest BCUT2D eigenvalue weighted by atomic mass is 9.97. The Labute approximate surface area is 142 Å². The molecular formula is C17H27N3O2S. The molecular weight excluding hydrogens is 310 g/mol. The summed E-state index contributed by atoms with van der Waals surface area (Å²) in [5.41, 5.74) is 0. The van der Waals surface area contributed by atoms with Crippen LogP contribution in [0.5, 0.6) is 0 Å². The van der Waals surface area contributed by atoms with Crippen LogP contribution < -0.4 is 5.32 Å². The Bertz CT molecular complexity index is 480. The molecule has 128 valence electrons. The van der Waals surface area contributed by atoms with Crippen LogP contribution in [0.3, 0.4) is 0 Å². The van der Waals surface area contributed by atoms with Crippen molar-refractivity contribution >= 4 is 17.4 Å². The Morgan fingerprint density at radius 3 is 2.74 bits per heavy atom. The van der Waals surface area contributed by atoms with Gasteiger partial charge in [0.25, 0.3) is 0 Å². The van der Waals surface area contributed by atoms with E-state index in [1.165, 1.54) is 17.7 Å². The van der Waals surface area contributed by atoms with Gasteiger partial charge in [0, 0.05) is 24.5 Å². The van der Waals surface area contributed by atoms with Crippen molar-refractivity contribution in [2.45, 2.75) is 25.8 Å². The second-order valence-electron chi connectivity index (χ2n) is 6.54. The van der Waals surface area contributed by atoms with Crippen LogP contribution in [-0.2, 0) is 4.74 Å². The second kappa shape index (κ2) is 8.13. The zero-order chi connectivity index (χ0) is 16.1. The molecule has 3 rings (SSSR count). The molecule has 1 aromatic heterocycles. The molecule has 3 heterocycles. The Morgan fingerprint density at radius 1 is 1.35 bits per heavy atom. The maximum atomic E-state index is 12.4. The molecule has 2 aliphatic heterocycles. The van der Waals surface area contributed by atoms with E-state index in [0.29, 0.717) is 38.9 Å². The highest BCUT2D eigenvalue weighted by Crippen LogP contribution is 2.29. The number of likely N-dealkylation sites (tertiary alicyclic amines) is 1. The zero-order valence-corrected chi connectivity index (χ0v) is 14.7. The minimum Gasteiger partial charge on any atom is -0.378 e. The highest BCUT2D eigenvalue weighted by atomic mass is 32.1. The highest BCUT2D eigenvalue weighted by molar-refractivity contribution is 7.10. The minimum atomic E-state index is 0.0419. The van der Waals surface area contributed by atoms with Gasteiger partial charge >= 0.3 is 6.03 Å². The van der Waals surface area contributed by atoms with Gasteiger partial charge in [-0.1, -0.05) is 13.0 Å². The summed E-state index contributed by atoms with van der Waals surface area (Å²) in [6.45, 7) is 7.93. The number of carbonyl (C=O) groups excluding carboxylic acids is 1. The largest absolute Gasteiger partial charge is 0.378 e. The molecule has 0 aliphatic carbocycles. The SMILES string of the molecule is CC1CCN(C(CNC(=O)N2CCOCC2)c2cccs2)CC1. The first-order valence-corrected chi connectivity index (χ1v) is 9.50. The summed E-state index contributed by atoms with van der Waals surface area (Å²) in [4.78, 5) is 18.1. The molecule has 1 atom stereocenters. The van der Waals surface area contributed by atoms with Crippen LogP contribution in [0.4, 0.5) is 4.79 Å². The van der Waals surface area contributed by atoms with Crippen LogP contribution in [0.1, 0.15) is 30.7 Å². The number of thiophene rings is 1. The summed E-state index contributed by atoms with van der Waals surface area (Å²) in [6, 6.07) is 4.63. The summed E-state index contributed by atoms with van der Waals surface area (Å²) >= 11 is 1.79. The highest BCUT2D eigenvalue weighted by Gasteiger charge is 2.26. The Morgan fingerprint density at radius 2 is 2.09 bits per heavy atom. The van der Waals surface area contributed by atoms with Gasteiger partial charge in [0.15, 0.2) is 0 Å². The normalized spacial score (nSPS) is 22.0. The molecule has 1 unspecified atom stereocenters. The molecule has 0 aromatic carbocycles. The number of nitrogens with one attached hydrogen (secondary N) is 1. The maximum Gasteiger partial charge on any atom is 0.317 e. The van der Waals surface area contributed by atoms with Crippen LogP contribution in [0.2, 0.25) is 0 Å². The van der Waals surface area contributed by atoms with Gasteiger partial charge in [-0.3, -0.25) is 4.90 Å². The quantitative estimate of drug-likeness (QED) is 0.918. The molecule has 0 saturated carbocycles. The Balaban J connectivity index is 1.59. The van der Waals surface area contributed by atoms with E-state index in [-0.39, 0.29) is 6.03 Å². The van der Waals surface area contributed by atoms with E-state index in [1.54, 1.807) is 11.3 Å². The number of carbonyl (C=O) groups is 1. The Kier molecular flexibility index (Phi) is 5.91. The number of morpholine rings is 1. The summed E-state index contributed by atoms with van der Waals surface area (Å²) in [7, 11) is 0. The lowest BCUT2D eigenvalue weighted by molar-refractivity contribution is 0.0523. The van der Waals surface area contributed by atoms with Gasteiger partial charge in [-0.15, -0.1) is 11.3 Å². The van der Waals surface area contributed by atoms with E-state index in [9.17, 15) is 4.79 Å². The molecule has 23 heavy (non-hydrogen) atoms. The molecule has 1 aromatic rings. The average Bonchev–Trinajstić information content (AvgIpc) is 3.11. The number of nitrogens with zero attached hydrogens (tertiary/aromatic N) is 2. The van der Waals surface area contributed by atoms with Gasteiger partial charge < -0.3 is 15.0 Å². The van der Waals surface area contributed by atoms with Crippen molar-refractivity contribution in [2.24, 2.45) is 5.92 Å². The molecule has 0 bridgehead atoms. The third kappa shape index (κ3) is 4.46. The predicted molar refractivity (Wildman–Crippen MR) is 92.8 cm³/mol. The van der Waals surface area contributed by atoms with Gasteiger partial charge in [0.2, 0.25) is 0 Å². The number of hydrogen-bond donors (Lipinski definition) is 1. The van der Waals surface area contributed by atoms with E-state index in [1.807, 2.05) is 4.90 Å². The van der Waals surface area contributed by atoms with Crippen LogP contribution in [0.15, 0.2) is 17.5 Å². The van der Waals surface area contributed by atoms with Gasteiger partial charge in [0.05, 0.1) is 19.3 Å². The van der Waals surface area contributed by atoms with E-state index in [4.69, 9.17) is 4.74 Å². The van der Waals surface area contributed by atoms with Crippen molar-refractivity contribution in [2.75, 3.05) is 45.9 Å². The second-order valence-corrected chi connectivity index (χ2v) is 7.51. The standard InChI is InChI=1S/C17H27N3O2S/c1-14-4-6-19(7-5-14)15(16-3-2-12-23-16)13-18-17(21)20-8-10-22-11-9-20/h2-3,12,14-15H,4-11,13H2,1H3,(H,18,21). The molecule has 2 saturated heterocycles. The van der Waals surface area contributed by atoms with Gasteiger partial charge in [0.1, 0.15) is 0 Å². The molecule has 0 spiro atoms. The lowest BCUT2D eigenvalue weighted by Crippen LogP contribution is -2.49. The van der Waals surface area contributed by atoms with Crippen molar-refractivity contribution in [3.05, 3.63) is 22.4 Å². The average molecular weight is 337 g/mol. The number of hydrogen-bond acceptors (Lipinski definition) is 4. The van der Waals surface area contributed by atoms with Crippen LogP contribution >= 0.6 is 11.3 Å². The summed E-state index contributed by atoms with van der Waals surface area (Å²) in [6.07, 6.45) is 2.50. The molecule has 0 radical (unpaired) electrons. The van der Waals surface area contributed by atoms with E-state index >= 15 is 0 Å². The van der Waals surface area contributed by atoms with E-state index in [2.05, 4.69) is 34.7 Å². The topological polar surface area (TPSA) is 44.8 Å². The monoisotopic (exact) mass is 337 g/mol. The summed E-state index contributed by atoms with van der Waals surface area (Å²) < 4.78 is 5.31. The van der Waals surface area contributed by atoms with Gasteiger partial charge in [-0.05, 0) is 43.3 Å². The fourth-order valence-corrected chi connectivity index (χ4v) is 4.15. The van der Waals surface area contributed by atoms with Crippen LogP contribution in [0.25, 0.3) is 0 Å². The first-order chi connectivity index (χ1) is 11.2.